The molecule has 4 fully saturated rings. The summed E-state index contributed by atoms with van der Waals surface area (Å²) in [5.74, 6) is -0.0545. The molecule has 4 aromatic carbocycles. The molecule has 0 bridgehead atoms. The summed E-state index contributed by atoms with van der Waals surface area (Å²) >= 11 is 10.9. The van der Waals surface area contributed by atoms with Crippen LogP contribution in [0.1, 0.15) is 62.3 Å². The molecule has 4 heterocycles. The Kier molecular flexibility index (Phi) is 136. The largest absolute Gasteiger partial charge is 0.520 e. The molecule has 8 rings (SSSR count). The van der Waals surface area contributed by atoms with Crippen LogP contribution in [0.2, 0.25) is 0 Å². The summed E-state index contributed by atoms with van der Waals surface area (Å²) in [5, 5.41) is 18.8. The molecule has 3 N–H and O–H groups in total. The molecule has 4 aliphatic heterocycles. The van der Waals surface area contributed by atoms with Gasteiger partial charge in [0.05, 0.1) is 0 Å². The number of rotatable bonds is 6. The first kappa shape index (κ1) is 116. The minimum absolute atomic E-state index is 0. The van der Waals surface area contributed by atoms with Crippen molar-refractivity contribution in [3.63, 3.8) is 0 Å². The van der Waals surface area contributed by atoms with Crippen LogP contribution in [0.4, 0.5) is 0 Å². The van der Waals surface area contributed by atoms with E-state index in [0.717, 1.165) is 84.6 Å². The number of likely N-dealkylation sites (tertiary alicyclic amines) is 1. The molecule has 3 amide bonds. The number of Topliss-reactive ketones (excluding diaryl/α,β-unsaturated/α-hetero) is 3. The van der Waals surface area contributed by atoms with Gasteiger partial charge in [-0.2, -0.15) is 60.7 Å². The molecular formula is C63H109ArB4IN6O8S4Y2-2. The quantitative estimate of drug-likeness (QED) is 0.0474. The van der Waals surface area contributed by atoms with Crippen molar-refractivity contribution >= 4 is 136 Å². The first-order valence-corrected chi connectivity index (χ1v) is 36.0. The molecule has 89 heavy (non-hydrogen) atoms. The zero-order valence-electron chi connectivity index (χ0n) is 56.9. The first-order chi connectivity index (χ1) is 41.3. The fraction of sp³-hybridized carbons (Fsp3) is 0.524. The van der Waals surface area contributed by atoms with Crippen LogP contribution in [0.15, 0.2) is 146 Å². The minimum Gasteiger partial charge on any atom is -0.520 e. The van der Waals surface area contributed by atoms with Gasteiger partial charge in [0.25, 0.3) is 0 Å². The zero-order chi connectivity index (χ0) is 68.0. The Balaban J connectivity index is -0.0000000736. The number of hydrogen-bond acceptors (Lipinski definition) is 15. The Morgan fingerprint density at radius 3 is 0.753 bits per heavy atom. The third-order valence-electron chi connectivity index (χ3n) is 9.10. The van der Waals surface area contributed by atoms with Crippen molar-refractivity contribution in [3.05, 3.63) is 146 Å². The Morgan fingerprint density at radius 1 is 0.483 bits per heavy atom. The van der Waals surface area contributed by atoms with Crippen LogP contribution >= 0.6 is 70.5 Å². The fourth-order valence-corrected chi connectivity index (χ4v) is 5.37. The van der Waals surface area contributed by atoms with Crippen LogP contribution in [-0.4, -0.2) is 253 Å². The number of hydrogen-bond donors (Lipinski definition) is 4. The van der Waals surface area contributed by atoms with Gasteiger partial charge in [-0.05, 0) is 76.4 Å². The summed E-state index contributed by atoms with van der Waals surface area (Å²) in [7, 11) is 14.0. The van der Waals surface area contributed by atoms with Gasteiger partial charge < -0.3 is 44.6 Å². The number of nitrogens with one attached hydrogen (secondary N) is 1. The number of carbonyl (C=O) groups excluding carboxylic acids is 6. The molecule has 0 aromatic heterocycles. The van der Waals surface area contributed by atoms with E-state index in [9.17, 15) is 28.8 Å². The summed E-state index contributed by atoms with van der Waals surface area (Å²) in [5.41, 5.74) is 0. The zero-order valence-corrected chi connectivity index (χ0v) is 68.7. The van der Waals surface area contributed by atoms with E-state index in [-0.39, 0.29) is 140 Å². The van der Waals surface area contributed by atoms with Crippen LogP contribution in [0.3, 0.4) is 0 Å². The Hall–Kier alpha value is -0.0427. The number of nitrogens with zero attached hydrogens (tertiary/aromatic N) is 5. The average Bonchev–Trinajstić information content (AvgIpc) is 3.73. The van der Waals surface area contributed by atoms with Crippen LogP contribution < -0.4 is 5.32 Å². The Labute approximate surface area is 660 Å². The average molecular weight is 1590 g/mol. The third kappa shape index (κ3) is 107. The van der Waals surface area contributed by atoms with Gasteiger partial charge in [-0.3, -0.25) is 24.2 Å². The van der Waals surface area contributed by atoms with E-state index in [1.807, 2.05) is 233 Å². The summed E-state index contributed by atoms with van der Waals surface area (Å²) in [6, 6.07) is 49.2. The van der Waals surface area contributed by atoms with Crippen LogP contribution in [0.5, 0.6) is 0 Å². The number of benzene rings is 4. The second kappa shape index (κ2) is 104. The van der Waals surface area contributed by atoms with Gasteiger partial charge >= 0.3 is 0 Å². The first-order valence-electron chi connectivity index (χ1n) is 28.0. The molecule has 4 saturated heterocycles. The molecule has 0 atom stereocenters. The molecule has 498 valence electrons. The summed E-state index contributed by atoms with van der Waals surface area (Å²) < 4.78 is 0. The molecule has 0 aliphatic carbocycles. The number of alkyl halides is 1. The third-order valence-corrected chi connectivity index (χ3v) is 9.10. The number of thiol groups is 1. The topological polar surface area (TPSA) is 171 Å². The molecule has 14 nitrogen and oxygen atoms in total. The van der Waals surface area contributed by atoms with E-state index in [1.54, 1.807) is 58.3 Å². The molecule has 0 spiro atoms. The minimum atomic E-state index is -0.667. The van der Waals surface area contributed by atoms with Crippen molar-refractivity contribution in [1.29, 1.82) is 0 Å². The number of ketones is 3. The van der Waals surface area contributed by atoms with Crippen molar-refractivity contribution < 1.29 is 142 Å². The number of aliphatic hydroxyl groups is 2. The van der Waals surface area contributed by atoms with Gasteiger partial charge in [-0.15, -0.1) is 0 Å². The van der Waals surface area contributed by atoms with E-state index in [2.05, 4.69) is 73.5 Å². The number of amides is 3. The molecule has 26 heteroatoms. The van der Waals surface area contributed by atoms with Crippen molar-refractivity contribution in [1.82, 2.24) is 29.8 Å². The number of thioether (sulfide) groups is 3. The van der Waals surface area contributed by atoms with Crippen molar-refractivity contribution in [2.24, 2.45) is 0 Å². The van der Waals surface area contributed by atoms with E-state index < -0.39 is 6.39 Å². The second-order valence-corrected chi connectivity index (χ2v) is 19.1. The summed E-state index contributed by atoms with van der Waals surface area (Å²) in [6.45, 7) is 25.7. The maximum Gasteiger partial charge on any atom is 0.219 e. The normalized spacial score (nSPS) is 12.1. The Bertz CT molecular complexity index is 1640. The van der Waals surface area contributed by atoms with Crippen molar-refractivity contribution in [2.45, 2.75) is 74.4 Å². The summed E-state index contributed by atoms with van der Waals surface area (Å²) in [6.07, 6.45) is 17.1. The van der Waals surface area contributed by atoms with Gasteiger partial charge in [-0.25, -0.2) is 0 Å². The number of halogens is 1. The maximum absolute atomic E-state index is 11.0. The smallest absolute Gasteiger partial charge is 0.219 e. The number of carbonyl (C=O) groups is 4. The predicted molar refractivity (Wildman–Crippen MR) is 397 cm³/mol. The van der Waals surface area contributed by atoms with Gasteiger partial charge in [0.15, 0.2) is 11.6 Å². The SMILES string of the molecule is CC.CC.CC(=O)CO.CC(=O)CO.CC(=O)N1CC(N2CCN([C-]=O)CC2)C1.CC(C)=O.CI.CS.CSC.CSC.CSC.O=[C-]N1CCN(C2CNC2)CC1.[Ar].[B]B([B])[B].[Y].[Y].c1ccccc1.c1ccccc1.c1ccccc1.c1ccccc1. The van der Waals surface area contributed by atoms with Crippen molar-refractivity contribution in [2.75, 3.05) is 140 Å². The number of piperazine rings is 2. The second-order valence-electron chi connectivity index (χ2n) is 16.7. The molecular weight excluding hydrogens is 1480 g/mol. The molecule has 8 radical (unpaired) electrons. The van der Waals surface area contributed by atoms with E-state index >= 15 is 0 Å². The Morgan fingerprint density at radius 2 is 0.640 bits per heavy atom. The monoisotopic (exact) mass is 1590 g/mol. The maximum atomic E-state index is 11.0. The molecule has 4 aliphatic rings. The van der Waals surface area contributed by atoms with Crippen LogP contribution in [0.25, 0.3) is 0 Å². The summed E-state index contributed by atoms with van der Waals surface area (Å²) in [4.78, 5) is 72.3. The van der Waals surface area contributed by atoms with Crippen molar-refractivity contribution in [3.8, 4) is 0 Å². The van der Waals surface area contributed by atoms with E-state index in [4.69, 9.17) is 10.2 Å². The standard InChI is InChI=1S/C10H16N3O2.C8H14N3O.4C6H6.2C3H6O2.C3H6O.3C2H6S.2C2H6.CH3I.CH4S.Ar.B4.2Y/c1-9(15)13-6-10(7-13)12-4-2-11(8-14)3-5-12;12-7-10-1-3-11(4-2-10)8-5-9-6-8;4*1-2-4-6-5-3-1;2*1-3(5)2-4;1-3(2)4;3*1-3-2;4*1-2;;1-4(2)3;;/h10H,2-7H2,1H3;8-9H,1-6H2;4*1-6H;2*4H,2H2,1H3;1-2H3;3*1-2H3;2*1-2H3;1H3;2H,1H3;;;;/q2*-1;;;;;;;;;;;;;;;;;;. The van der Waals surface area contributed by atoms with Gasteiger partial charge in [-0.1, -0.05) is 196 Å². The van der Waals surface area contributed by atoms with Crippen LogP contribution in [0, 0.1) is 37.7 Å². The predicted octanol–water partition coefficient (Wildman–Crippen LogP) is 9.08. The fourth-order valence-electron chi connectivity index (χ4n) is 5.37. The molecule has 4 aromatic rings. The van der Waals surface area contributed by atoms with Gasteiger partial charge in [0, 0.05) is 230 Å². The van der Waals surface area contributed by atoms with Gasteiger partial charge in [0.2, 0.25) is 5.91 Å². The van der Waals surface area contributed by atoms with E-state index in [0.29, 0.717) is 6.04 Å². The molecule has 0 saturated carbocycles. The van der Waals surface area contributed by atoms with Crippen LogP contribution in [-0.2, 0) is 94.2 Å². The molecule has 0 unspecified atom stereocenters. The number of aliphatic hydroxyl groups excluding tert-OH is 2. The van der Waals surface area contributed by atoms with Gasteiger partial charge in [0.1, 0.15) is 19.0 Å². The van der Waals surface area contributed by atoms with E-state index in [1.165, 1.54) is 27.7 Å².